The van der Waals surface area contributed by atoms with Gasteiger partial charge in [0.15, 0.2) is 17.2 Å². The first kappa shape index (κ1) is 14.8. The number of morpholine rings is 1. The Bertz CT molecular complexity index is 419. The Hall–Kier alpha value is -1.30. The summed E-state index contributed by atoms with van der Waals surface area (Å²) in [6, 6.07) is 4.53. The molecule has 1 aliphatic rings. The molecule has 6 heteroatoms. The fraction of sp³-hybridized carbons (Fsp3) is 0.417. The van der Waals surface area contributed by atoms with Crippen LogP contribution in [0.1, 0.15) is 17.3 Å². The molecule has 0 amide bonds. The Morgan fingerprint density at radius 2 is 2.33 bits per heavy atom. The molecule has 1 aliphatic heterocycles. The molecule has 1 fully saturated rings. The van der Waals surface area contributed by atoms with E-state index in [1.807, 2.05) is 6.92 Å². The van der Waals surface area contributed by atoms with E-state index in [-0.39, 0.29) is 18.2 Å². The summed E-state index contributed by atoms with van der Waals surface area (Å²) >= 11 is 0. The Balaban J connectivity index is 0.00000162. The summed E-state index contributed by atoms with van der Waals surface area (Å²) in [7, 11) is 0. The monoisotopic (exact) mass is 273 g/mol. The summed E-state index contributed by atoms with van der Waals surface area (Å²) in [6.07, 6.45) is 0.674. The van der Waals surface area contributed by atoms with Crippen molar-refractivity contribution in [2.24, 2.45) is 0 Å². The van der Waals surface area contributed by atoms with Gasteiger partial charge in [-0.3, -0.25) is 10.1 Å². The van der Waals surface area contributed by atoms with E-state index >= 15 is 0 Å². The number of carbonyl (C=O) groups is 1. The van der Waals surface area contributed by atoms with Gasteiger partial charge in [-0.15, -0.1) is 12.4 Å². The van der Waals surface area contributed by atoms with E-state index < -0.39 is 5.72 Å². The molecule has 1 aromatic carbocycles. The quantitative estimate of drug-likeness (QED) is 0.814. The molecule has 0 spiro atoms. The first-order valence-corrected chi connectivity index (χ1v) is 5.43. The van der Waals surface area contributed by atoms with E-state index in [1.54, 1.807) is 12.1 Å². The average molecular weight is 274 g/mol. The van der Waals surface area contributed by atoms with Crippen molar-refractivity contribution in [3.63, 3.8) is 0 Å². The third-order valence-electron chi connectivity index (χ3n) is 2.58. The largest absolute Gasteiger partial charge is 0.504 e. The lowest BCUT2D eigenvalue weighted by atomic mass is 10.2. The van der Waals surface area contributed by atoms with Crippen LogP contribution in [0.15, 0.2) is 18.2 Å². The number of benzene rings is 1. The van der Waals surface area contributed by atoms with Gasteiger partial charge in [-0.1, -0.05) is 0 Å². The summed E-state index contributed by atoms with van der Waals surface area (Å²) in [4.78, 5) is 10.5. The SMILES string of the molecule is C[C@]1(Oc2ccc(C=O)cc2O)COCCN1.Cl. The number of ether oxygens (including phenoxy) is 2. The molecule has 18 heavy (non-hydrogen) atoms. The van der Waals surface area contributed by atoms with Crippen molar-refractivity contribution in [2.75, 3.05) is 19.8 Å². The fourth-order valence-electron chi connectivity index (χ4n) is 1.71. The predicted molar refractivity (Wildman–Crippen MR) is 68.6 cm³/mol. The van der Waals surface area contributed by atoms with Gasteiger partial charge in [0.25, 0.3) is 0 Å². The van der Waals surface area contributed by atoms with Crippen molar-refractivity contribution < 1.29 is 19.4 Å². The maximum atomic E-state index is 10.5. The average Bonchev–Trinajstić information content (AvgIpc) is 2.32. The molecule has 2 rings (SSSR count). The van der Waals surface area contributed by atoms with Gasteiger partial charge in [0.05, 0.1) is 6.61 Å². The second-order valence-electron chi connectivity index (χ2n) is 4.16. The third kappa shape index (κ3) is 3.35. The normalized spacial score (nSPS) is 22.9. The zero-order valence-corrected chi connectivity index (χ0v) is 10.8. The number of carbonyl (C=O) groups excluding carboxylic acids is 1. The van der Waals surface area contributed by atoms with Crippen molar-refractivity contribution in [3.8, 4) is 11.5 Å². The molecule has 0 aromatic heterocycles. The van der Waals surface area contributed by atoms with Crippen LogP contribution in [0, 0.1) is 0 Å². The van der Waals surface area contributed by atoms with Gasteiger partial charge >= 0.3 is 0 Å². The summed E-state index contributed by atoms with van der Waals surface area (Å²) < 4.78 is 11.0. The van der Waals surface area contributed by atoms with Crippen LogP contribution in [0.4, 0.5) is 0 Å². The molecule has 1 aromatic rings. The molecule has 1 atom stereocenters. The van der Waals surface area contributed by atoms with Crippen molar-refractivity contribution in [1.82, 2.24) is 5.32 Å². The second kappa shape index (κ2) is 6.04. The molecule has 0 aliphatic carbocycles. The molecule has 100 valence electrons. The number of rotatable bonds is 3. The molecule has 0 bridgehead atoms. The Labute approximate surface area is 112 Å². The Kier molecular flexibility index (Phi) is 4.95. The van der Waals surface area contributed by atoms with E-state index in [9.17, 15) is 9.90 Å². The van der Waals surface area contributed by atoms with E-state index in [4.69, 9.17) is 9.47 Å². The molecule has 0 radical (unpaired) electrons. The number of halogens is 1. The molecule has 0 saturated carbocycles. The molecular formula is C12H16ClNO4. The lowest BCUT2D eigenvalue weighted by Gasteiger charge is -2.35. The van der Waals surface area contributed by atoms with Gasteiger partial charge < -0.3 is 14.6 Å². The van der Waals surface area contributed by atoms with Crippen LogP contribution in [0.5, 0.6) is 11.5 Å². The van der Waals surface area contributed by atoms with Crippen LogP contribution < -0.4 is 10.1 Å². The van der Waals surface area contributed by atoms with Crippen LogP contribution in [0.25, 0.3) is 0 Å². The molecule has 0 unspecified atom stereocenters. The van der Waals surface area contributed by atoms with E-state index in [0.29, 0.717) is 37.4 Å². The third-order valence-corrected chi connectivity index (χ3v) is 2.58. The standard InChI is InChI=1S/C12H15NO4.ClH/c1-12(8-16-5-4-13-12)17-11-3-2-9(7-14)6-10(11)15;/h2-3,6-7,13,15H,4-5,8H2,1H3;1H/t12-;/m0./s1. The zero-order chi connectivity index (χ0) is 12.3. The van der Waals surface area contributed by atoms with Gasteiger partial charge in [0, 0.05) is 12.1 Å². The van der Waals surface area contributed by atoms with Crippen LogP contribution >= 0.6 is 12.4 Å². The lowest BCUT2D eigenvalue weighted by Crippen LogP contribution is -2.56. The smallest absolute Gasteiger partial charge is 0.181 e. The highest BCUT2D eigenvalue weighted by atomic mass is 35.5. The minimum atomic E-state index is -0.654. The van der Waals surface area contributed by atoms with E-state index in [0.717, 1.165) is 0 Å². The van der Waals surface area contributed by atoms with Crippen LogP contribution in [-0.2, 0) is 4.74 Å². The fourth-order valence-corrected chi connectivity index (χ4v) is 1.71. The van der Waals surface area contributed by atoms with Gasteiger partial charge in [-0.2, -0.15) is 0 Å². The highest BCUT2D eigenvalue weighted by molar-refractivity contribution is 5.85. The minimum absolute atomic E-state index is 0. The van der Waals surface area contributed by atoms with Crippen molar-refractivity contribution in [3.05, 3.63) is 23.8 Å². The molecule has 5 nitrogen and oxygen atoms in total. The Morgan fingerprint density at radius 3 is 2.89 bits per heavy atom. The highest BCUT2D eigenvalue weighted by Gasteiger charge is 2.29. The van der Waals surface area contributed by atoms with Crippen molar-refractivity contribution >= 4 is 18.7 Å². The lowest BCUT2D eigenvalue weighted by molar-refractivity contribution is -0.0710. The summed E-state index contributed by atoms with van der Waals surface area (Å²) in [6.45, 7) is 3.60. The summed E-state index contributed by atoms with van der Waals surface area (Å²) in [5.41, 5.74) is -0.244. The first-order valence-electron chi connectivity index (χ1n) is 5.43. The number of aromatic hydroxyl groups is 1. The van der Waals surface area contributed by atoms with Crippen LogP contribution in [0.2, 0.25) is 0 Å². The minimum Gasteiger partial charge on any atom is -0.504 e. The number of phenolic OH excluding ortho intramolecular Hbond substituents is 1. The number of nitrogens with one attached hydrogen (secondary N) is 1. The highest BCUT2D eigenvalue weighted by Crippen LogP contribution is 2.29. The van der Waals surface area contributed by atoms with Gasteiger partial charge in [0.2, 0.25) is 0 Å². The number of hydrogen-bond acceptors (Lipinski definition) is 5. The maximum absolute atomic E-state index is 10.5. The van der Waals surface area contributed by atoms with Crippen LogP contribution in [0.3, 0.4) is 0 Å². The molecular weight excluding hydrogens is 258 g/mol. The second-order valence-corrected chi connectivity index (χ2v) is 4.16. The van der Waals surface area contributed by atoms with Gasteiger partial charge in [-0.05, 0) is 25.1 Å². The maximum Gasteiger partial charge on any atom is 0.181 e. The molecule has 1 heterocycles. The van der Waals surface area contributed by atoms with E-state index in [2.05, 4.69) is 5.32 Å². The van der Waals surface area contributed by atoms with Crippen molar-refractivity contribution in [2.45, 2.75) is 12.6 Å². The molecule has 1 saturated heterocycles. The topological polar surface area (TPSA) is 67.8 Å². The number of phenols is 1. The van der Waals surface area contributed by atoms with Gasteiger partial charge in [0.1, 0.15) is 12.9 Å². The summed E-state index contributed by atoms with van der Waals surface area (Å²) in [5.74, 6) is 0.277. The Morgan fingerprint density at radius 1 is 1.56 bits per heavy atom. The van der Waals surface area contributed by atoms with Gasteiger partial charge in [-0.25, -0.2) is 0 Å². The zero-order valence-electron chi connectivity index (χ0n) is 10.0. The first-order chi connectivity index (χ1) is 8.13. The number of hydrogen-bond donors (Lipinski definition) is 2. The number of aldehydes is 1. The van der Waals surface area contributed by atoms with E-state index in [1.165, 1.54) is 6.07 Å². The summed E-state index contributed by atoms with van der Waals surface area (Å²) in [5, 5.41) is 12.9. The van der Waals surface area contributed by atoms with Crippen LogP contribution in [-0.4, -0.2) is 36.9 Å². The molecule has 2 N–H and O–H groups in total. The van der Waals surface area contributed by atoms with Crippen molar-refractivity contribution in [1.29, 1.82) is 0 Å². The predicted octanol–water partition coefficient (Wildman–Crippen LogP) is 1.34.